The molecule has 2 rings (SSSR count). The van der Waals surface area contributed by atoms with Crippen LogP contribution in [0.4, 0.5) is 17.6 Å². The van der Waals surface area contributed by atoms with Crippen LogP contribution < -0.4 is 0 Å². The summed E-state index contributed by atoms with van der Waals surface area (Å²) in [7, 11) is 0. The van der Waals surface area contributed by atoms with Crippen molar-refractivity contribution in [1.29, 1.82) is 0 Å². The van der Waals surface area contributed by atoms with Gasteiger partial charge in [0.1, 0.15) is 16.4 Å². The Hall–Kier alpha value is -2.85. The van der Waals surface area contributed by atoms with E-state index in [0.29, 0.717) is 6.61 Å². The molecule has 0 aliphatic carbocycles. The molecule has 5 nitrogen and oxygen atoms in total. The molecule has 0 fully saturated rings. The monoisotopic (exact) mass is 485 g/mol. The van der Waals surface area contributed by atoms with Crippen molar-refractivity contribution in [2.45, 2.75) is 26.5 Å². The van der Waals surface area contributed by atoms with E-state index in [4.69, 9.17) is 9.47 Å². The minimum Gasteiger partial charge on any atom is -0.506 e. The number of esters is 1. The number of carbonyl (C=O) groups is 1. The van der Waals surface area contributed by atoms with Gasteiger partial charge in [-0.05, 0) is 31.7 Å². The Bertz CT molecular complexity index is 1040. The zero-order valence-corrected chi connectivity index (χ0v) is 19.0. The fraction of sp³-hybridized carbons (Fsp3) is 0.304. The number of ether oxygens (including phenoxy) is 2. The molecule has 0 saturated heterocycles. The Morgan fingerprint density at radius 3 is 2.39 bits per heavy atom. The van der Waals surface area contributed by atoms with Gasteiger partial charge in [0.2, 0.25) is 0 Å². The molecule has 0 aliphatic rings. The van der Waals surface area contributed by atoms with Crippen LogP contribution in [0.3, 0.4) is 0 Å². The van der Waals surface area contributed by atoms with Crippen LogP contribution in [0.2, 0.25) is 0 Å². The average molecular weight is 485 g/mol. The van der Waals surface area contributed by atoms with Gasteiger partial charge in [-0.2, -0.15) is 0 Å². The second-order valence-electron chi connectivity index (χ2n) is 6.78. The van der Waals surface area contributed by atoms with Gasteiger partial charge < -0.3 is 14.6 Å². The Morgan fingerprint density at radius 2 is 1.79 bits per heavy atom. The van der Waals surface area contributed by atoms with Crippen LogP contribution in [0.5, 0.6) is 0 Å². The molecule has 2 aromatic rings. The Morgan fingerprint density at radius 1 is 1.12 bits per heavy atom. The third-order valence-corrected chi connectivity index (χ3v) is 4.99. The second kappa shape index (κ2) is 12.4. The fourth-order valence-corrected chi connectivity index (χ4v) is 3.42. The van der Waals surface area contributed by atoms with Crippen molar-refractivity contribution < 1.29 is 36.9 Å². The first-order valence-corrected chi connectivity index (χ1v) is 11.1. The zero-order chi connectivity index (χ0) is 24.5. The van der Waals surface area contributed by atoms with Crippen LogP contribution in [0, 0.1) is 23.3 Å². The van der Waals surface area contributed by atoms with Crippen molar-refractivity contribution in [3.8, 4) is 0 Å². The molecule has 0 aliphatic heterocycles. The molecule has 1 atom stereocenters. The van der Waals surface area contributed by atoms with Crippen molar-refractivity contribution in [1.82, 2.24) is 0 Å². The molecule has 0 radical (unpaired) electrons. The van der Waals surface area contributed by atoms with E-state index in [2.05, 4.69) is 4.99 Å². The van der Waals surface area contributed by atoms with Crippen LogP contribution in [0.15, 0.2) is 47.0 Å². The Kier molecular flexibility index (Phi) is 9.93. The van der Waals surface area contributed by atoms with E-state index in [0.717, 1.165) is 17.3 Å². The smallest absolute Gasteiger partial charge is 0.344 e. The van der Waals surface area contributed by atoms with Crippen molar-refractivity contribution in [2.75, 3.05) is 19.5 Å². The maximum Gasteiger partial charge on any atom is 0.344 e. The minimum atomic E-state index is -2.12. The summed E-state index contributed by atoms with van der Waals surface area (Å²) < 4.78 is 65.5. The highest BCUT2D eigenvalue weighted by Crippen LogP contribution is 2.28. The number of nitrogens with zero attached hydrogens (tertiary/aromatic N) is 1. The van der Waals surface area contributed by atoms with Crippen LogP contribution in [-0.2, 0) is 20.9 Å². The van der Waals surface area contributed by atoms with Gasteiger partial charge >= 0.3 is 5.97 Å². The number of rotatable bonds is 9. The molecule has 0 unspecified atom stereocenters. The van der Waals surface area contributed by atoms with Gasteiger partial charge in [-0.15, -0.1) is 11.8 Å². The zero-order valence-electron chi connectivity index (χ0n) is 18.2. The van der Waals surface area contributed by atoms with Crippen molar-refractivity contribution in [3.63, 3.8) is 0 Å². The second-order valence-corrected chi connectivity index (χ2v) is 7.58. The van der Waals surface area contributed by atoms with Crippen LogP contribution in [0.1, 0.15) is 25.0 Å². The minimum absolute atomic E-state index is 0.0775. The number of thioether (sulfide) groups is 1. The molecule has 0 amide bonds. The van der Waals surface area contributed by atoms with Gasteiger partial charge in [0.25, 0.3) is 0 Å². The highest BCUT2D eigenvalue weighted by atomic mass is 32.2. The van der Waals surface area contributed by atoms with Crippen LogP contribution in [0.25, 0.3) is 5.76 Å². The predicted octanol–water partition coefficient (Wildman–Crippen LogP) is 5.44. The normalized spacial score (nSPS) is 13.5. The molecule has 33 heavy (non-hydrogen) atoms. The van der Waals surface area contributed by atoms with Crippen LogP contribution >= 0.6 is 11.8 Å². The topological polar surface area (TPSA) is 68.1 Å². The molecule has 10 heteroatoms. The molecule has 0 spiro atoms. The number of halogens is 4. The molecule has 0 bridgehead atoms. The van der Waals surface area contributed by atoms with E-state index in [1.807, 2.05) is 30.3 Å². The highest BCUT2D eigenvalue weighted by Gasteiger charge is 2.28. The van der Waals surface area contributed by atoms with E-state index >= 15 is 0 Å². The van der Waals surface area contributed by atoms with Gasteiger partial charge in [0.15, 0.2) is 23.3 Å². The number of hydrogen-bond acceptors (Lipinski definition) is 6. The highest BCUT2D eigenvalue weighted by molar-refractivity contribution is 8.14. The maximum absolute atomic E-state index is 14.3. The van der Waals surface area contributed by atoms with Gasteiger partial charge in [0, 0.05) is 0 Å². The summed E-state index contributed by atoms with van der Waals surface area (Å²) in [4.78, 5) is 16.9. The summed E-state index contributed by atoms with van der Waals surface area (Å²) in [5.41, 5.74) is -0.702. The van der Waals surface area contributed by atoms with E-state index in [9.17, 15) is 27.5 Å². The maximum atomic E-state index is 14.3. The molecular weight excluding hydrogens is 462 g/mol. The Labute approximate surface area is 193 Å². The summed E-state index contributed by atoms with van der Waals surface area (Å²) >= 11 is 0.922. The summed E-state index contributed by atoms with van der Waals surface area (Å²) in [6.07, 6.45) is 1.53. The molecule has 0 saturated carbocycles. The van der Waals surface area contributed by atoms with Crippen molar-refractivity contribution >= 4 is 28.5 Å². The summed E-state index contributed by atoms with van der Waals surface area (Å²) in [6.45, 7) is 3.55. The standard InChI is InChI=1S/C23H23F4NO4S/c1-4-32-23(30)17(21(29)15-10-16(24)19(26)20(27)18(15)25)22(33-3)28-13(2)11-31-12-14-8-6-5-7-9-14/h5-10,13,29H,4,11-12H2,1-3H3/t13-/m0/s1. The summed E-state index contributed by atoms with van der Waals surface area (Å²) in [5.74, 6) is -9.97. The molecule has 178 valence electrons. The predicted molar refractivity (Wildman–Crippen MR) is 119 cm³/mol. The largest absolute Gasteiger partial charge is 0.506 e. The van der Waals surface area contributed by atoms with Crippen molar-refractivity contribution in [3.05, 3.63) is 76.4 Å². The van der Waals surface area contributed by atoms with Gasteiger partial charge in [-0.3, -0.25) is 4.99 Å². The number of hydrogen-bond donors (Lipinski definition) is 1. The average Bonchev–Trinajstić information content (AvgIpc) is 2.80. The van der Waals surface area contributed by atoms with E-state index in [1.165, 1.54) is 13.2 Å². The molecule has 0 heterocycles. The first-order valence-electron chi connectivity index (χ1n) is 9.88. The number of benzene rings is 2. The SMILES string of the molecule is CCOC(=O)C(C(=N[C@@H](C)COCc1ccccc1)SC)=C(O)c1cc(F)c(F)c(F)c1F. The van der Waals surface area contributed by atoms with Gasteiger partial charge in [0.05, 0.1) is 31.4 Å². The summed E-state index contributed by atoms with van der Waals surface area (Å²) in [5, 5.41) is 10.5. The Balaban J connectivity index is 2.40. The molecule has 0 aromatic heterocycles. The quantitative estimate of drug-likeness (QED) is 0.0749. The van der Waals surface area contributed by atoms with E-state index in [-0.39, 0.29) is 24.3 Å². The lowest BCUT2D eigenvalue weighted by atomic mass is 10.1. The summed E-state index contributed by atoms with van der Waals surface area (Å²) in [6, 6.07) is 9.12. The number of carbonyl (C=O) groups excluding carboxylic acids is 1. The third-order valence-electron chi connectivity index (χ3n) is 4.29. The lowest BCUT2D eigenvalue weighted by Gasteiger charge is -2.15. The molecule has 1 N–H and O–H groups in total. The van der Waals surface area contributed by atoms with Gasteiger partial charge in [-0.1, -0.05) is 30.3 Å². The molecule has 2 aromatic carbocycles. The third kappa shape index (κ3) is 6.82. The number of aliphatic hydroxyl groups excluding tert-OH is 1. The van der Waals surface area contributed by atoms with E-state index < -0.39 is 52.2 Å². The number of aliphatic hydroxyl groups is 1. The number of aliphatic imine (C=N–C) groups is 1. The van der Waals surface area contributed by atoms with Crippen LogP contribution in [-0.4, -0.2) is 41.6 Å². The first-order chi connectivity index (χ1) is 15.7. The lowest BCUT2D eigenvalue weighted by molar-refractivity contribution is -0.137. The van der Waals surface area contributed by atoms with Crippen molar-refractivity contribution in [2.24, 2.45) is 4.99 Å². The fourth-order valence-electron chi connectivity index (χ4n) is 2.75. The first kappa shape index (κ1) is 26.4. The lowest BCUT2D eigenvalue weighted by Crippen LogP contribution is -2.20. The van der Waals surface area contributed by atoms with Gasteiger partial charge in [-0.25, -0.2) is 22.4 Å². The van der Waals surface area contributed by atoms with E-state index in [1.54, 1.807) is 6.92 Å². The molecular formula is C23H23F4NO4S.